The van der Waals surface area contributed by atoms with Crippen molar-refractivity contribution in [3.05, 3.63) is 35.9 Å². The van der Waals surface area contributed by atoms with Crippen LogP contribution in [0.1, 0.15) is 24.8 Å². The smallest absolute Gasteiger partial charge is 0.410 e. The van der Waals surface area contributed by atoms with Gasteiger partial charge < -0.3 is 14.8 Å². The molecule has 1 N–H and O–H groups in total. The summed E-state index contributed by atoms with van der Waals surface area (Å²) < 4.78 is 10.1. The maximum absolute atomic E-state index is 12.4. The van der Waals surface area contributed by atoms with E-state index in [-0.39, 0.29) is 12.5 Å². The normalized spacial score (nSPS) is 23.0. The van der Waals surface area contributed by atoms with E-state index >= 15 is 0 Å². The molecule has 1 aromatic carbocycles. The van der Waals surface area contributed by atoms with E-state index < -0.39 is 24.1 Å². The summed E-state index contributed by atoms with van der Waals surface area (Å²) in [4.78, 5) is 37.5. The number of nitrogens with zero attached hydrogens (tertiary/aromatic N) is 1. The molecule has 0 aliphatic carbocycles. The second-order valence-electron chi connectivity index (χ2n) is 5.91. The van der Waals surface area contributed by atoms with Gasteiger partial charge in [-0.3, -0.25) is 9.69 Å². The van der Waals surface area contributed by atoms with Gasteiger partial charge in [0.2, 0.25) is 5.91 Å². The zero-order chi connectivity index (χ0) is 16.9. The van der Waals surface area contributed by atoms with Gasteiger partial charge in [0.05, 0.1) is 6.61 Å². The molecule has 7 nitrogen and oxygen atoms in total. The number of rotatable bonds is 4. The number of likely N-dealkylation sites (tertiary alicyclic amines) is 1. The van der Waals surface area contributed by atoms with Crippen LogP contribution in [0, 0.1) is 0 Å². The molecule has 0 bridgehead atoms. The molecule has 1 aromatic rings. The third-order valence-corrected chi connectivity index (χ3v) is 4.25. The summed E-state index contributed by atoms with van der Waals surface area (Å²) in [5.41, 5.74) is 0.889. The molecule has 0 saturated carbocycles. The third-order valence-electron chi connectivity index (χ3n) is 4.25. The summed E-state index contributed by atoms with van der Waals surface area (Å²) in [6, 6.07) is 8.16. The fourth-order valence-corrected chi connectivity index (χ4v) is 2.95. The van der Waals surface area contributed by atoms with Crippen molar-refractivity contribution >= 4 is 18.0 Å². The minimum atomic E-state index is -0.611. The molecule has 0 spiro atoms. The first kappa shape index (κ1) is 16.3. The van der Waals surface area contributed by atoms with Gasteiger partial charge in [-0.2, -0.15) is 0 Å². The van der Waals surface area contributed by atoms with Crippen LogP contribution in [0.5, 0.6) is 0 Å². The Kier molecular flexibility index (Phi) is 4.98. The molecule has 2 aliphatic heterocycles. The zero-order valence-electron chi connectivity index (χ0n) is 13.3. The van der Waals surface area contributed by atoms with Crippen LogP contribution in [-0.4, -0.2) is 48.1 Å². The van der Waals surface area contributed by atoms with Gasteiger partial charge in [-0.25, -0.2) is 9.59 Å². The molecule has 0 unspecified atom stereocenters. The number of carbonyl (C=O) groups is 3. The summed E-state index contributed by atoms with van der Waals surface area (Å²) in [6.45, 7) is 0.956. The highest BCUT2D eigenvalue weighted by atomic mass is 16.6. The molecule has 3 rings (SSSR count). The lowest BCUT2D eigenvalue weighted by molar-refractivity contribution is -0.141. The van der Waals surface area contributed by atoms with Crippen molar-refractivity contribution in [3.63, 3.8) is 0 Å². The van der Waals surface area contributed by atoms with E-state index in [2.05, 4.69) is 5.32 Å². The van der Waals surface area contributed by atoms with Crippen molar-refractivity contribution in [2.24, 2.45) is 0 Å². The third kappa shape index (κ3) is 3.67. The molecule has 0 radical (unpaired) electrons. The Morgan fingerprint density at radius 3 is 2.75 bits per heavy atom. The van der Waals surface area contributed by atoms with Crippen molar-refractivity contribution in [2.45, 2.75) is 38.0 Å². The van der Waals surface area contributed by atoms with E-state index in [0.717, 1.165) is 12.0 Å². The van der Waals surface area contributed by atoms with Crippen LogP contribution in [0.2, 0.25) is 0 Å². The van der Waals surface area contributed by atoms with Crippen molar-refractivity contribution in [3.8, 4) is 0 Å². The van der Waals surface area contributed by atoms with Gasteiger partial charge in [-0.05, 0) is 18.4 Å². The highest BCUT2D eigenvalue weighted by molar-refractivity contribution is 5.90. The maximum Gasteiger partial charge on any atom is 0.410 e. The molecule has 2 heterocycles. The number of amides is 2. The van der Waals surface area contributed by atoms with E-state index in [9.17, 15) is 14.4 Å². The number of hydrogen-bond donors (Lipinski definition) is 1. The van der Waals surface area contributed by atoms with Crippen LogP contribution in [0.4, 0.5) is 4.79 Å². The lowest BCUT2D eigenvalue weighted by Crippen LogP contribution is -2.50. The molecule has 24 heavy (non-hydrogen) atoms. The average molecular weight is 332 g/mol. The Balaban J connectivity index is 1.55. The second-order valence-corrected chi connectivity index (χ2v) is 5.91. The predicted octanol–water partition coefficient (Wildman–Crippen LogP) is 1.22. The van der Waals surface area contributed by atoms with E-state index in [1.54, 1.807) is 0 Å². The molecule has 2 atom stereocenters. The molecule has 2 saturated heterocycles. The number of nitrogens with one attached hydrogen (secondary N) is 1. The average Bonchev–Trinajstić information content (AvgIpc) is 3.23. The summed E-state index contributed by atoms with van der Waals surface area (Å²) in [5.74, 6) is -0.743. The monoisotopic (exact) mass is 332 g/mol. The Morgan fingerprint density at radius 2 is 2.04 bits per heavy atom. The number of esters is 1. The number of ether oxygens (including phenoxy) is 2. The Morgan fingerprint density at radius 1 is 1.25 bits per heavy atom. The van der Waals surface area contributed by atoms with Crippen LogP contribution >= 0.6 is 0 Å². The molecule has 7 heteroatoms. The van der Waals surface area contributed by atoms with Crippen molar-refractivity contribution in [2.75, 3.05) is 13.2 Å². The Labute approximate surface area is 139 Å². The van der Waals surface area contributed by atoms with Crippen LogP contribution in [0.25, 0.3) is 0 Å². The Hall–Kier alpha value is -2.57. The van der Waals surface area contributed by atoms with Gasteiger partial charge >= 0.3 is 12.1 Å². The van der Waals surface area contributed by atoms with E-state index in [1.165, 1.54) is 4.90 Å². The number of benzene rings is 1. The topological polar surface area (TPSA) is 84.9 Å². The number of cyclic esters (lactones) is 1. The minimum Gasteiger partial charge on any atom is -0.464 e. The van der Waals surface area contributed by atoms with Gasteiger partial charge in [-0.1, -0.05) is 30.3 Å². The van der Waals surface area contributed by atoms with Crippen LogP contribution < -0.4 is 5.32 Å². The predicted molar refractivity (Wildman–Crippen MR) is 83.9 cm³/mol. The van der Waals surface area contributed by atoms with Crippen molar-refractivity contribution in [1.82, 2.24) is 10.2 Å². The molecular formula is C17H20N2O5. The summed E-state index contributed by atoms with van der Waals surface area (Å²) in [5, 5.41) is 2.67. The van der Waals surface area contributed by atoms with Crippen molar-refractivity contribution < 1.29 is 23.9 Å². The highest BCUT2D eigenvalue weighted by Crippen LogP contribution is 2.20. The van der Waals surface area contributed by atoms with Crippen LogP contribution in [0.15, 0.2) is 30.3 Å². The number of hydrogen-bond acceptors (Lipinski definition) is 5. The van der Waals surface area contributed by atoms with Crippen LogP contribution in [0.3, 0.4) is 0 Å². The first-order valence-electron chi connectivity index (χ1n) is 8.09. The standard InChI is InChI=1S/C17H20N2O5/c20-15(18-13-8-10-23-16(13)21)14-7-4-9-19(14)17(22)24-11-12-5-2-1-3-6-12/h1-3,5-6,13-14H,4,7-11H2,(H,18,20)/t13-,14-/m0/s1. The van der Waals surface area contributed by atoms with Gasteiger partial charge in [0.15, 0.2) is 0 Å². The maximum atomic E-state index is 12.4. The fraction of sp³-hybridized carbons (Fsp3) is 0.471. The zero-order valence-corrected chi connectivity index (χ0v) is 13.3. The first-order valence-corrected chi connectivity index (χ1v) is 8.09. The fourth-order valence-electron chi connectivity index (χ4n) is 2.95. The van der Waals surface area contributed by atoms with Crippen molar-refractivity contribution in [1.29, 1.82) is 0 Å². The van der Waals surface area contributed by atoms with Gasteiger partial charge in [-0.15, -0.1) is 0 Å². The summed E-state index contributed by atoms with van der Waals surface area (Å²) in [7, 11) is 0. The van der Waals surface area contributed by atoms with E-state index in [4.69, 9.17) is 9.47 Å². The van der Waals surface area contributed by atoms with Gasteiger partial charge in [0, 0.05) is 13.0 Å². The molecule has 2 fully saturated rings. The SMILES string of the molecule is O=C1OCC[C@@H]1NC(=O)[C@@H]1CCCN1C(=O)OCc1ccccc1. The van der Waals surface area contributed by atoms with E-state index in [0.29, 0.717) is 26.0 Å². The summed E-state index contributed by atoms with van der Waals surface area (Å²) in [6.07, 6.45) is 1.25. The molecule has 0 aromatic heterocycles. The lowest BCUT2D eigenvalue weighted by atomic mass is 10.2. The van der Waals surface area contributed by atoms with Gasteiger partial charge in [0.1, 0.15) is 18.7 Å². The highest BCUT2D eigenvalue weighted by Gasteiger charge is 2.38. The quantitative estimate of drug-likeness (QED) is 0.838. The largest absolute Gasteiger partial charge is 0.464 e. The second kappa shape index (κ2) is 7.33. The van der Waals surface area contributed by atoms with Gasteiger partial charge in [0.25, 0.3) is 0 Å². The van der Waals surface area contributed by atoms with E-state index in [1.807, 2.05) is 30.3 Å². The molecule has 2 amide bonds. The molecule has 128 valence electrons. The van der Waals surface area contributed by atoms with Crippen LogP contribution in [-0.2, 0) is 25.7 Å². The number of carbonyl (C=O) groups excluding carboxylic acids is 3. The summed E-state index contributed by atoms with van der Waals surface area (Å²) >= 11 is 0. The molecule has 2 aliphatic rings. The first-order chi connectivity index (χ1) is 11.6. The molecular weight excluding hydrogens is 312 g/mol. The Bertz CT molecular complexity index is 619. The lowest BCUT2D eigenvalue weighted by Gasteiger charge is -2.24. The minimum absolute atomic E-state index is 0.166.